The highest BCUT2D eigenvalue weighted by atomic mass is 79.9. The molecule has 0 amide bonds. The van der Waals surface area contributed by atoms with E-state index in [1.54, 1.807) is 41.2 Å². The zero-order chi connectivity index (χ0) is 20.8. The van der Waals surface area contributed by atoms with E-state index in [4.69, 9.17) is 24.7 Å². The zero-order valence-corrected chi connectivity index (χ0v) is 18.3. The summed E-state index contributed by atoms with van der Waals surface area (Å²) in [4.78, 5) is 12.6. The van der Waals surface area contributed by atoms with Crippen molar-refractivity contribution in [3.63, 3.8) is 0 Å². The van der Waals surface area contributed by atoms with Gasteiger partial charge in [0, 0.05) is 17.5 Å². The Hall–Kier alpha value is -2.25. The fourth-order valence-electron chi connectivity index (χ4n) is 2.96. The molecule has 0 aliphatic rings. The van der Waals surface area contributed by atoms with Gasteiger partial charge in [0.15, 0.2) is 0 Å². The molecule has 2 aromatic rings. The van der Waals surface area contributed by atoms with Crippen molar-refractivity contribution in [3.8, 4) is 17.2 Å². The van der Waals surface area contributed by atoms with Crippen LogP contribution in [0.1, 0.15) is 30.9 Å². The Bertz CT molecular complexity index is 807. The van der Waals surface area contributed by atoms with E-state index in [9.17, 15) is 4.79 Å². The van der Waals surface area contributed by atoms with Gasteiger partial charge < -0.3 is 24.7 Å². The topological polar surface area (TPSA) is 80.0 Å². The number of methoxy groups -OCH3 is 3. The quantitative estimate of drug-likeness (QED) is 0.613. The summed E-state index contributed by atoms with van der Waals surface area (Å²) in [6.45, 7) is 3.58. The molecule has 0 saturated heterocycles. The largest absolute Gasteiger partial charge is 0.497 e. The van der Waals surface area contributed by atoms with Gasteiger partial charge in [-0.3, -0.25) is 4.79 Å². The van der Waals surface area contributed by atoms with Crippen molar-refractivity contribution in [3.05, 3.63) is 52.0 Å². The molecule has 0 fully saturated rings. The molecule has 0 bridgehead atoms. The van der Waals surface area contributed by atoms with E-state index < -0.39 is 17.9 Å². The van der Waals surface area contributed by atoms with Gasteiger partial charge in [-0.25, -0.2) is 0 Å². The van der Waals surface area contributed by atoms with Crippen LogP contribution in [0.15, 0.2) is 40.9 Å². The van der Waals surface area contributed by atoms with Gasteiger partial charge in [-0.2, -0.15) is 0 Å². The Kier molecular flexibility index (Phi) is 7.71. The van der Waals surface area contributed by atoms with Gasteiger partial charge in [0.25, 0.3) is 0 Å². The first kappa shape index (κ1) is 22.0. The number of nitrogens with two attached hydrogens (primary N) is 1. The number of hydrogen-bond acceptors (Lipinski definition) is 6. The first-order chi connectivity index (χ1) is 13.3. The standard InChI is InChI=1S/C21H26BrNO5/c1-12(2)28-21(24)20(23)19(13-6-8-14(25-3)9-7-13)15-10-16(22)18(27-5)11-17(15)26-4/h6-12,19-20H,23H2,1-5H3/t19-,20+/m1/s1. The minimum atomic E-state index is -0.926. The number of esters is 1. The van der Waals surface area contributed by atoms with Crippen LogP contribution in [0.4, 0.5) is 0 Å². The van der Waals surface area contributed by atoms with Gasteiger partial charge in [-0.15, -0.1) is 0 Å². The summed E-state index contributed by atoms with van der Waals surface area (Å²) in [5, 5.41) is 0. The molecule has 2 atom stereocenters. The summed E-state index contributed by atoms with van der Waals surface area (Å²) >= 11 is 3.50. The van der Waals surface area contributed by atoms with Crippen molar-refractivity contribution in [2.24, 2.45) is 5.73 Å². The summed E-state index contributed by atoms with van der Waals surface area (Å²) in [6, 6.07) is 10.1. The molecule has 2 N–H and O–H groups in total. The summed E-state index contributed by atoms with van der Waals surface area (Å²) in [5.74, 6) is 0.920. The molecular formula is C21H26BrNO5. The van der Waals surface area contributed by atoms with Crippen LogP contribution in [-0.2, 0) is 9.53 Å². The molecule has 0 radical (unpaired) electrons. The average molecular weight is 452 g/mol. The lowest BCUT2D eigenvalue weighted by Crippen LogP contribution is -2.40. The third-order valence-electron chi connectivity index (χ3n) is 4.30. The highest BCUT2D eigenvalue weighted by Gasteiger charge is 2.32. The second kappa shape index (κ2) is 9.80. The molecule has 2 aromatic carbocycles. The Morgan fingerprint density at radius 3 is 2.07 bits per heavy atom. The number of hydrogen-bond donors (Lipinski definition) is 1. The summed E-state index contributed by atoms with van der Waals surface area (Å²) < 4.78 is 22.3. The summed E-state index contributed by atoms with van der Waals surface area (Å²) in [7, 11) is 4.74. The van der Waals surface area contributed by atoms with Gasteiger partial charge in [-0.05, 0) is 53.5 Å². The van der Waals surface area contributed by atoms with Crippen molar-refractivity contribution < 1.29 is 23.7 Å². The first-order valence-corrected chi connectivity index (χ1v) is 9.63. The lowest BCUT2D eigenvalue weighted by atomic mass is 9.84. The number of carbonyl (C=O) groups excluding carboxylic acids is 1. The average Bonchev–Trinajstić information content (AvgIpc) is 2.68. The minimum absolute atomic E-state index is 0.264. The molecule has 6 nitrogen and oxygen atoms in total. The maximum absolute atomic E-state index is 12.6. The second-order valence-electron chi connectivity index (χ2n) is 6.49. The van der Waals surface area contributed by atoms with Gasteiger partial charge in [0.1, 0.15) is 23.3 Å². The van der Waals surface area contributed by atoms with E-state index >= 15 is 0 Å². The van der Waals surface area contributed by atoms with Crippen molar-refractivity contribution in [2.45, 2.75) is 31.9 Å². The van der Waals surface area contributed by atoms with Crippen LogP contribution >= 0.6 is 15.9 Å². The monoisotopic (exact) mass is 451 g/mol. The maximum Gasteiger partial charge on any atom is 0.324 e. The van der Waals surface area contributed by atoms with Crippen molar-refractivity contribution in [1.82, 2.24) is 0 Å². The molecule has 28 heavy (non-hydrogen) atoms. The predicted molar refractivity (Wildman–Crippen MR) is 111 cm³/mol. The molecule has 152 valence electrons. The smallest absolute Gasteiger partial charge is 0.324 e. The number of carbonyl (C=O) groups is 1. The molecule has 0 aliphatic carbocycles. The molecule has 0 saturated carbocycles. The van der Waals surface area contributed by atoms with E-state index in [2.05, 4.69) is 15.9 Å². The van der Waals surface area contributed by atoms with Crippen LogP contribution in [0.5, 0.6) is 17.2 Å². The van der Waals surface area contributed by atoms with Crippen molar-refractivity contribution in [1.29, 1.82) is 0 Å². The third-order valence-corrected chi connectivity index (χ3v) is 4.92. The molecule has 0 spiro atoms. The fraction of sp³-hybridized carbons (Fsp3) is 0.381. The molecule has 0 heterocycles. The maximum atomic E-state index is 12.6. The van der Waals surface area contributed by atoms with Crippen LogP contribution < -0.4 is 19.9 Å². The SMILES string of the molecule is COc1ccc([C@H](c2cc(Br)c(OC)cc2OC)[C@H](N)C(=O)OC(C)C)cc1. The molecule has 0 unspecified atom stereocenters. The van der Waals surface area contributed by atoms with Gasteiger partial charge in [0.05, 0.1) is 31.9 Å². The Balaban J connectivity index is 2.60. The van der Waals surface area contributed by atoms with E-state index in [1.165, 1.54) is 0 Å². The minimum Gasteiger partial charge on any atom is -0.497 e. The molecule has 0 aromatic heterocycles. The fourth-order valence-corrected chi connectivity index (χ4v) is 3.49. The number of ether oxygens (including phenoxy) is 4. The first-order valence-electron chi connectivity index (χ1n) is 8.83. The Morgan fingerprint density at radius 1 is 0.964 bits per heavy atom. The van der Waals surface area contributed by atoms with Crippen LogP contribution in [0.25, 0.3) is 0 Å². The number of benzene rings is 2. The molecule has 0 aliphatic heterocycles. The van der Waals surface area contributed by atoms with Crippen LogP contribution in [-0.4, -0.2) is 39.4 Å². The summed E-state index contributed by atoms with van der Waals surface area (Å²) in [6.07, 6.45) is -0.264. The summed E-state index contributed by atoms with van der Waals surface area (Å²) in [5.41, 5.74) is 7.96. The van der Waals surface area contributed by atoms with Crippen LogP contribution in [0.2, 0.25) is 0 Å². The van der Waals surface area contributed by atoms with Crippen molar-refractivity contribution >= 4 is 21.9 Å². The number of halogens is 1. The van der Waals surface area contributed by atoms with Gasteiger partial charge in [-0.1, -0.05) is 12.1 Å². The second-order valence-corrected chi connectivity index (χ2v) is 7.35. The highest BCUT2D eigenvalue weighted by Crippen LogP contribution is 2.40. The highest BCUT2D eigenvalue weighted by molar-refractivity contribution is 9.10. The molecule has 7 heteroatoms. The lowest BCUT2D eigenvalue weighted by molar-refractivity contribution is -0.149. The van der Waals surface area contributed by atoms with Crippen molar-refractivity contribution in [2.75, 3.05) is 21.3 Å². The normalized spacial score (nSPS) is 13.0. The van der Waals surface area contributed by atoms with E-state index in [0.717, 1.165) is 15.6 Å². The van der Waals surface area contributed by atoms with Crippen LogP contribution in [0.3, 0.4) is 0 Å². The number of rotatable bonds is 8. The van der Waals surface area contributed by atoms with Gasteiger partial charge >= 0.3 is 5.97 Å². The molecular weight excluding hydrogens is 426 g/mol. The van der Waals surface area contributed by atoms with Gasteiger partial charge in [0.2, 0.25) is 0 Å². The Morgan fingerprint density at radius 2 is 1.57 bits per heavy atom. The Labute approximate surface area is 174 Å². The molecule has 2 rings (SSSR count). The van der Waals surface area contributed by atoms with E-state index in [0.29, 0.717) is 17.2 Å². The third kappa shape index (κ3) is 4.97. The zero-order valence-electron chi connectivity index (χ0n) is 16.7. The van der Waals surface area contributed by atoms with E-state index in [-0.39, 0.29) is 6.10 Å². The lowest BCUT2D eigenvalue weighted by Gasteiger charge is -2.26. The van der Waals surface area contributed by atoms with E-state index in [1.807, 2.05) is 30.3 Å². The van der Waals surface area contributed by atoms with Crippen LogP contribution in [0, 0.1) is 0 Å². The predicted octanol–water partition coefficient (Wildman–Crippen LogP) is 3.89.